The van der Waals surface area contributed by atoms with E-state index in [2.05, 4.69) is 58.9 Å². The maximum Gasteiger partial charge on any atom is 0.174 e. The minimum absolute atomic E-state index is 0.576. The summed E-state index contributed by atoms with van der Waals surface area (Å²) in [6.45, 7) is 3.02. The number of nitrogens with zero attached hydrogens (tertiary/aromatic N) is 1. The molecule has 2 nitrogen and oxygen atoms in total. The van der Waals surface area contributed by atoms with Gasteiger partial charge < -0.3 is 10.2 Å². The topological polar surface area (TPSA) is 15.3 Å². The molecule has 1 aliphatic carbocycles. The van der Waals surface area contributed by atoms with E-state index in [0.717, 1.165) is 17.3 Å². The van der Waals surface area contributed by atoms with E-state index in [9.17, 15) is 0 Å². The Balaban J connectivity index is 1.73. The number of hydrogen-bond donors (Lipinski definition) is 1. The molecule has 22 heavy (non-hydrogen) atoms. The number of nitrogens with one attached hydrogen (secondary N) is 1. The predicted octanol–water partition coefficient (Wildman–Crippen LogP) is 5.20. The molecule has 1 heterocycles. The van der Waals surface area contributed by atoms with Gasteiger partial charge >= 0.3 is 0 Å². The Morgan fingerprint density at radius 3 is 2.77 bits per heavy atom. The second-order valence-electron chi connectivity index (χ2n) is 5.95. The average molecular weight is 331 g/mol. The Bertz CT molecular complexity index is 616. The largest absolute Gasteiger partial charge is 0.341 e. The summed E-state index contributed by atoms with van der Waals surface area (Å²) >= 11 is 7.54. The van der Waals surface area contributed by atoms with Gasteiger partial charge in [0.1, 0.15) is 0 Å². The lowest BCUT2D eigenvalue weighted by molar-refractivity contribution is 0.314. The molecule has 0 atom stereocenters. The Hall–Kier alpha value is -1.39. The zero-order valence-electron chi connectivity index (χ0n) is 12.9. The second-order valence-corrected chi connectivity index (χ2v) is 7.36. The van der Waals surface area contributed by atoms with E-state index in [1.807, 2.05) is 11.3 Å². The van der Waals surface area contributed by atoms with Gasteiger partial charge in [-0.3, -0.25) is 0 Å². The first kappa shape index (κ1) is 15.5. The summed E-state index contributed by atoms with van der Waals surface area (Å²) in [5.74, 6) is 0. The summed E-state index contributed by atoms with van der Waals surface area (Å²) in [6, 6.07) is 13.3. The monoisotopic (exact) mass is 330 g/mol. The minimum atomic E-state index is 0.576. The number of thiophene rings is 1. The van der Waals surface area contributed by atoms with Gasteiger partial charge in [0.2, 0.25) is 0 Å². The number of thiocarbonyl (C=S) groups is 1. The molecule has 3 rings (SSSR count). The zero-order valence-corrected chi connectivity index (χ0v) is 14.6. The zero-order chi connectivity index (χ0) is 15.4. The molecule has 2 aromatic rings. The maximum atomic E-state index is 5.73. The van der Waals surface area contributed by atoms with E-state index < -0.39 is 0 Å². The second kappa shape index (κ2) is 7.25. The maximum absolute atomic E-state index is 5.73. The Kier molecular flexibility index (Phi) is 5.11. The summed E-state index contributed by atoms with van der Waals surface area (Å²) in [5.41, 5.74) is 2.33. The molecule has 1 aromatic heterocycles. The van der Waals surface area contributed by atoms with E-state index in [0.29, 0.717) is 6.04 Å². The molecule has 116 valence electrons. The molecule has 1 saturated carbocycles. The van der Waals surface area contributed by atoms with Crippen molar-refractivity contribution in [3.05, 3.63) is 52.2 Å². The molecule has 0 unspecified atom stereocenters. The van der Waals surface area contributed by atoms with Gasteiger partial charge in [0, 0.05) is 16.6 Å². The van der Waals surface area contributed by atoms with Gasteiger partial charge in [0.25, 0.3) is 0 Å². The van der Waals surface area contributed by atoms with Gasteiger partial charge in [0.05, 0.1) is 6.54 Å². The number of benzene rings is 1. The number of rotatable bonds is 4. The minimum Gasteiger partial charge on any atom is -0.341 e. The van der Waals surface area contributed by atoms with Crippen LogP contribution >= 0.6 is 23.6 Å². The van der Waals surface area contributed by atoms with Crippen molar-refractivity contribution in [2.24, 2.45) is 0 Å². The fourth-order valence-corrected chi connectivity index (χ4v) is 4.11. The number of aryl methyl sites for hydroxylation is 1. The normalized spacial score (nSPS) is 15.0. The third-order valence-electron chi connectivity index (χ3n) is 4.20. The van der Waals surface area contributed by atoms with Crippen LogP contribution in [0, 0.1) is 6.92 Å². The van der Waals surface area contributed by atoms with Crippen LogP contribution in [-0.2, 0) is 6.54 Å². The fourth-order valence-electron chi connectivity index (χ4n) is 3.07. The standard InChI is InChI=1S/C18H22N2S2/c1-14-6-4-7-15(12-14)19-18(21)20(16-8-2-3-9-16)13-17-10-5-11-22-17/h4-7,10-12,16H,2-3,8-9,13H2,1H3,(H,19,21). The van der Waals surface area contributed by atoms with Gasteiger partial charge in [-0.05, 0) is 61.1 Å². The third kappa shape index (κ3) is 3.87. The number of hydrogen-bond acceptors (Lipinski definition) is 2. The molecule has 0 spiro atoms. The highest BCUT2D eigenvalue weighted by Gasteiger charge is 2.25. The Labute approximate surface area is 142 Å². The van der Waals surface area contributed by atoms with Crippen molar-refractivity contribution in [3.63, 3.8) is 0 Å². The van der Waals surface area contributed by atoms with Crippen LogP contribution < -0.4 is 5.32 Å². The predicted molar refractivity (Wildman–Crippen MR) is 99.5 cm³/mol. The van der Waals surface area contributed by atoms with E-state index in [-0.39, 0.29) is 0 Å². The van der Waals surface area contributed by atoms with Crippen molar-refractivity contribution in [2.45, 2.75) is 45.2 Å². The Morgan fingerprint density at radius 1 is 1.27 bits per heavy atom. The van der Waals surface area contributed by atoms with Gasteiger partial charge in [-0.25, -0.2) is 0 Å². The molecular formula is C18H22N2S2. The van der Waals surface area contributed by atoms with Crippen molar-refractivity contribution in [3.8, 4) is 0 Å². The quantitative estimate of drug-likeness (QED) is 0.776. The fraction of sp³-hybridized carbons (Fsp3) is 0.389. The SMILES string of the molecule is Cc1cccc(NC(=S)N(Cc2cccs2)C2CCCC2)c1. The van der Waals surface area contributed by atoms with Crippen LogP contribution in [0.3, 0.4) is 0 Å². The lowest BCUT2D eigenvalue weighted by Crippen LogP contribution is -2.40. The molecule has 0 aliphatic heterocycles. The van der Waals surface area contributed by atoms with E-state index >= 15 is 0 Å². The summed E-state index contributed by atoms with van der Waals surface area (Å²) in [5, 5.41) is 6.42. The summed E-state index contributed by atoms with van der Waals surface area (Å²) in [7, 11) is 0. The van der Waals surface area contributed by atoms with Crippen LogP contribution in [0.2, 0.25) is 0 Å². The molecule has 1 aromatic carbocycles. The third-order valence-corrected chi connectivity index (χ3v) is 5.40. The lowest BCUT2D eigenvalue weighted by Gasteiger charge is -2.31. The smallest absolute Gasteiger partial charge is 0.174 e. The highest BCUT2D eigenvalue weighted by molar-refractivity contribution is 7.80. The molecule has 0 saturated heterocycles. The van der Waals surface area contributed by atoms with E-state index in [1.54, 1.807) is 0 Å². The van der Waals surface area contributed by atoms with Gasteiger partial charge in [-0.2, -0.15) is 0 Å². The molecule has 1 N–H and O–H groups in total. The van der Waals surface area contributed by atoms with Crippen LogP contribution in [0.4, 0.5) is 5.69 Å². The van der Waals surface area contributed by atoms with Crippen molar-refractivity contribution >= 4 is 34.4 Å². The highest BCUT2D eigenvalue weighted by atomic mass is 32.1. The first-order valence-electron chi connectivity index (χ1n) is 7.89. The van der Waals surface area contributed by atoms with Gasteiger partial charge in [-0.1, -0.05) is 31.0 Å². The summed E-state index contributed by atoms with van der Waals surface area (Å²) in [6.07, 6.45) is 5.14. The van der Waals surface area contributed by atoms with Gasteiger partial charge in [-0.15, -0.1) is 11.3 Å². The van der Waals surface area contributed by atoms with E-state index in [4.69, 9.17) is 12.2 Å². The molecule has 4 heteroatoms. The first-order valence-corrected chi connectivity index (χ1v) is 9.18. The highest BCUT2D eigenvalue weighted by Crippen LogP contribution is 2.27. The Morgan fingerprint density at radius 2 is 2.09 bits per heavy atom. The molecule has 1 fully saturated rings. The number of anilines is 1. The van der Waals surface area contributed by atoms with Crippen molar-refractivity contribution < 1.29 is 0 Å². The van der Waals surface area contributed by atoms with Crippen molar-refractivity contribution in [1.82, 2.24) is 4.90 Å². The lowest BCUT2D eigenvalue weighted by atomic mass is 10.2. The summed E-state index contributed by atoms with van der Waals surface area (Å²) in [4.78, 5) is 3.76. The average Bonchev–Trinajstić information content (AvgIpc) is 3.18. The first-order chi connectivity index (χ1) is 10.7. The molecule has 0 bridgehead atoms. The van der Waals surface area contributed by atoms with Crippen LogP contribution in [0.25, 0.3) is 0 Å². The molecule has 1 aliphatic rings. The van der Waals surface area contributed by atoms with E-state index in [1.165, 1.54) is 36.1 Å². The van der Waals surface area contributed by atoms with Crippen LogP contribution in [0.1, 0.15) is 36.1 Å². The van der Waals surface area contributed by atoms with Crippen LogP contribution in [0.5, 0.6) is 0 Å². The van der Waals surface area contributed by atoms with Crippen molar-refractivity contribution in [1.29, 1.82) is 0 Å². The summed E-state index contributed by atoms with van der Waals surface area (Å²) < 4.78 is 0. The molecular weight excluding hydrogens is 308 g/mol. The van der Waals surface area contributed by atoms with Crippen molar-refractivity contribution in [2.75, 3.05) is 5.32 Å². The van der Waals surface area contributed by atoms with Crippen LogP contribution in [-0.4, -0.2) is 16.1 Å². The van der Waals surface area contributed by atoms with Crippen LogP contribution in [0.15, 0.2) is 41.8 Å². The van der Waals surface area contributed by atoms with Gasteiger partial charge in [0.15, 0.2) is 5.11 Å². The molecule has 0 radical (unpaired) electrons. The molecule has 0 amide bonds.